The van der Waals surface area contributed by atoms with Gasteiger partial charge in [-0.25, -0.2) is 0 Å². The Bertz CT molecular complexity index is 253. The van der Waals surface area contributed by atoms with E-state index in [1.807, 2.05) is 34.6 Å². The third-order valence-electron chi connectivity index (χ3n) is 1.46. The molecule has 0 saturated heterocycles. The van der Waals surface area contributed by atoms with Crippen molar-refractivity contribution < 1.29 is 13.8 Å². The highest BCUT2D eigenvalue weighted by Crippen LogP contribution is 2.62. The molecule has 0 bridgehead atoms. The van der Waals surface area contributed by atoms with Gasteiger partial charge in [0.15, 0.2) is 0 Å². The van der Waals surface area contributed by atoms with E-state index in [0.717, 1.165) is 0 Å². The summed E-state index contributed by atoms with van der Waals surface area (Å²) in [6, 6.07) is 0. The molecule has 0 N–H and O–H groups in total. The standard InChI is InChI=1S/C10H21O3PS2/c1-6-10(11)7-16-14(15,12-8(2)3)13-9(4)5/h8-9H,6-7H2,1-5H3. The second kappa shape index (κ2) is 7.83. The van der Waals surface area contributed by atoms with Gasteiger partial charge < -0.3 is 9.05 Å². The van der Waals surface area contributed by atoms with E-state index in [-0.39, 0.29) is 18.0 Å². The fourth-order valence-electron chi connectivity index (χ4n) is 0.855. The fraction of sp³-hybridized carbons (Fsp3) is 0.900. The molecule has 0 radical (unpaired) electrons. The lowest BCUT2D eigenvalue weighted by atomic mass is 10.4. The van der Waals surface area contributed by atoms with Gasteiger partial charge in [-0.2, -0.15) is 0 Å². The molecule has 0 spiro atoms. The maximum atomic E-state index is 11.3. The van der Waals surface area contributed by atoms with Crippen LogP contribution in [0.25, 0.3) is 0 Å². The van der Waals surface area contributed by atoms with Crippen LogP contribution < -0.4 is 0 Å². The summed E-state index contributed by atoms with van der Waals surface area (Å²) in [6.07, 6.45) is 0.578. The van der Waals surface area contributed by atoms with Crippen LogP contribution in [-0.2, 0) is 25.6 Å². The van der Waals surface area contributed by atoms with Crippen LogP contribution in [0.2, 0.25) is 0 Å². The van der Waals surface area contributed by atoms with Crippen molar-refractivity contribution in [1.29, 1.82) is 0 Å². The van der Waals surface area contributed by atoms with Gasteiger partial charge in [0.05, 0.1) is 18.0 Å². The van der Waals surface area contributed by atoms with Gasteiger partial charge in [0.25, 0.3) is 0 Å². The molecule has 0 aliphatic heterocycles. The topological polar surface area (TPSA) is 35.5 Å². The van der Waals surface area contributed by atoms with Crippen molar-refractivity contribution in [3.63, 3.8) is 0 Å². The first-order chi connectivity index (χ1) is 7.29. The van der Waals surface area contributed by atoms with E-state index >= 15 is 0 Å². The van der Waals surface area contributed by atoms with Crippen LogP contribution in [0.15, 0.2) is 0 Å². The Morgan fingerprint density at radius 2 is 1.69 bits per heavy atom. The molecule has 0 aromatic carbocycles. The third-order valence-corrected chi connectivity index (χ3v) is 6.90. The van der Waals surface area contributed by atoms with E-state index in [2.05, 4.69) is 0 Å². The van der Waals surface area contributed by atoms with E-state index in [1.54, 1.807) is 0 Å². The zero-order valence-corrected chi connectivity index (χ0v) is 13.1. The first kappa shape index (κ1) is 16.6. The Labute approximate surface area is 108 Å². The van der Waals surface area contributed by atoms with Crippen molar-refractivity contribution in [3.8, 4) is 0 Å². The van der Waals surface area contributed by atoms with E-state index in [9.17, 15) is 4.79 Å². The predicted octanol–water partition coefficient (Wildman–Crippen LogP) is 3.77. The van der Waals surface area contributed by atoms with E-state index in [1.165, 1.54) is 11.4 Å². The summed E-state index contributed by atoms with van der Waals surface area (Å²) in [5.74, 6) is 0.562. The molecule has 0 aromatic rings. The van der Waals surface area contributed by atoms with Crippen LogP contribution in [-0.4, -0.2) is 23.7 Å². The molecule has 0 heterocycles. The summed E-state index contributed by atoms with van der Waals surface area (Å²) in [4.78, 5) is 11.3. The molecule has 0 fully saturated rings. The smallest absolute Gasteiger partial charge is 0.248 e. The van der Waals surface area contributed by atoms with Gasteiger partial charge in [-0.3, -0.25) is 4.79 Å². The number of hydrogen-bond donors (Lipinski definition) is 0. The number of hydrogen-bond acceptors (Lipinski definition) is 5. The quantitative estimate of drug-likeness (QED) is 0.634. The highest BCUT2D eigenvalue weighted by Gasteiger charge is 2.24. The first-order valence-corrected chi connectivity index (χ1v) is 9.65. The number of carbonyl (C=O) groups is 1. The van der Waals surface area contributed by atoms with Crippen LogP contribution in [0, 0.1) is 0 Å². The minimum absolute atomic E-state index is 0.0220. The highest BCUT2D eigenvalue weighted by atomic mass is 32.9. The van der Waals surface area contributed by atoms with Gasteiger partial charge in [0.2, 0.25) is 5.69 Å². The van der Waals surface area contributed by atoms with Gasteiger partial charge in [-0.15, -0.1) is 0 Å². The van der Waals surface area contributed by atoms with Gasteiger partial charge in [-0.1, -0.05) is 18.3 Å². The Kier molecular flexibility index (Phi) is 8.12. The molecule has 3 nitrogen and oxygen atoms in total. The number of rotatable bonds is 8. The molecule has 0 aliphatic carbocycles. The van der Waals surface area contributed by atoms with Gasteiger partial charge in [0.1, 0.15) is 5.78 Å². The first-order valence-electron chi connectivity index (χ1n) is 5.42. The van der Waals surface area contributed by atoms with Crippen LogP contribution >= 0.6 is 17.1 Å². The summed E-state index contributed by atoms with van der Waals surface area (Å²) in [5, 5.41) is 0. The summed E-state index contributed by atoms with van der Waals surface area (Å²) in [5.41, 5.74) is -2.37. The number of Topliss-reactive ketones (excluding diaryl/α,β-unsaturated/α-hetero) is 1. The summed E-state index contributed by atoms with van der Waals surface area (Å²) in [7, 11) is 0. The van der Waals surface area contributed by atoms with Crippen molar-refractivity contribution in [3.05, 3.63) is 0 Å². The average molecular weight is 284 g/mol. The zero-order chi connectivity index (χ0) is 12.8. The maximum absolute atomic E-state index is 11.3. The lowest BCUT2D eigenvalue weighted by Crippen LogP contribution is -2.07. The van der Waals surface area contributed by atoms with Crippen molar-refractivity contribution in [2.75, 3.05) is 5.75 Å². The van der Waals surface area contributed by atoms with Crippen LogP contribution in [0.3, 0.4) is 0 Å². The van der Waals surface area contributed by atoms with Crippen LogP contribution in [0.5, 0.6) is 0 Å². The lowest BCUT2D eigenvalue weighted by molar-refractivity contribution is -0.116. The molecule has 6 heteroatoms. The second-order valence-electron chi connectivity index (χ2n) is 3.92. The number of carbonyl (C=O) groups excluding carboxylic acids is 1. The van der Waals surface area contributed by atoms with E-state index < -0.39 is 5.69 Å². The summed E-state index contributed by atoms with van der Waals surface area (Å²) >= 11 is 6.74. The molecular formula is C10H21O3PS2. The molecule has 0 rings (SSSR count). The van der Waals surface area contributed by atoms with Gasteiger partial charge >= 0.3 is 0 Å². The predicted molar refractivity (Wildman–Crippen MR) is 74.5 cm³/mol. The molecule has 0 unspecified atom stereocenters. The monoisotopic (exact) mass is 284 g/mol. The second-order valence-corrected chi connectivity index (χ2v) is 10.1. The van der Waals surface area contributed by atoms with Crippen LogP contribution in [0.4, 0.5) is 0 Å². The third kappa shape index (κ3) is 7.80. The number of ketones is 1. The average Bonchev–Trinajstić information content (AvgIpc) is 2.11. The van der Waals surface area contributed by atoms with E-state index in [4.69, 9.17) is 20.9 Å². The molecule has 0 aromatic heterocycles. The van der Waals surface area contributed by atoms with Gasteiger partial charge in [0, 0.05) is 6.42 Å². The fourth-order valence-corrected chi connectivity index (χ4v) is 6.38. The minimum atomic E-state index is -2.37. The molecular weight excluding hydrogens is 263 g/mol. The summed E-state index contributed by atoms with van der Waals surface area (Å²) < 4.78 is 11.3. The summed E-state index contributed by atoms with van der Waals surface area (Å²) in [6.45, 7) is 9.54. The Hall–Kier alpha value is 0.590. The normalized spacial score (nSPS) is 12.4. The zero-order valence-electron chi connectivity index (χ0n) is 10.6. The van der Waals surface area contributed by atoms with E-state index in [0.29, 0.717) is 12.2 Å². The minimum Gasteiger partial charge on any atom is -0.319 e. The Morgan fingerprint density at radius 3 is 2.00 bits per heavy atom. The molecule has 96 valence electrons. The molecule has 16 heavy (non-hydrogen) atoms. The highest BCUT2D eigenvalue weighted by molar-refractivity contribution is 8.68. The van der Waals surface area contributed by atoms with Crippen molar-refractivity contribution in [1.82, 2.24) is 0 Å². The van der Waals surface area contributed by atoms with Crippen LogP contribution in [0.1, 0.15) is 41.0 Å². The lowest BCUT2D eigenvalue weighted by Gasteiger charge is -2.25. The van der Waals surface area contributed by atoms with Crippen molar-refractivity contribution in [2.24, 2.45) is 0 Å². The Balaban J connectivity index is 4.41. The van der Waals surface area contributed by atoms with Gasteiger partial charge in [-0.05, 0) is 39.5 Å². The largest absolute Gasteiger partial charge is 0.319 e. The maximum Gasteiger partial charge on any atom is 0.248 e. The van der Waals surface area contributed by atoms with Crippen molar-refractivity contribution >= 4 is 34.7 Å². The molecule has 0 aliphatic rings. The molecule has 0 saturated carbocycles. The molecule has 0 atom stereocenters. The SMILES string of the molecule is CCC(=O)CSP(=S)(OC(C)C)OC(C)C. The molecule has 0 amide bonds. The van der Waals surface area contributed by atoms with Crippen molar-refractivity contribution in [2.45, 2.75) is 53.2 Å². The Morgan fingerprint density at radius 1 is 1.25 bits per heavy atom.